The van der Waals surface area contributed by atoms with Crippen LogP contribution in [0.4, 0.5) is 11.4 Å². The number of nitrogen functional groups attached to an aromatic ring is 1. The lowest BCUT2D eigenvalue weighted by atomic mass is 10.3. The summed E-state index contributed by atoms with van der Waals surface area (Å²) >= 11 is 7.19. The molecule has 0 radical (unpaired) electrons. The van der Waals surface area contributed by atoms with Crippen LogP contribution in [0.5, 0.6) is 0 Å². The van der Waals surface area contributed by atoms with Gasteiger partial charge in [0, 0.05) is 6.07 Å². The molecule has 0 saturated heterocycles. The lowest BCUT2D eigenvalue weighted by Gasteiger charge is -2.05. The van der Waals surface area contributed by atoms with Crippen molar-refractivity contribution in [3.63, 3.8) is 0 Å². The molecule has 0 aromatic heterocycles. The van der Waals surface area contributed by atoms with Crippen LogP contribution < -0.4 is 5.73 Å². The van der Waals surface area contributed by atoms with Crippen molar-refractivity contribution in [2.45, 2.75) is 11.8 Å². The van der Waals surface area contributed by atoms with Crippen LogP contribution in [0.15, 0.2) is 17.0 Å². The first-order valence-corrected chi connectivity index (χ1v) is 5.29. The number of nitro benzene ring substituents is 1. The summed E-state index contributed by atoms with van der Waals surface area (Å²) in [5.74, 6) is 0.712. The fraction of sp³-hybridized carbons (Fsp3) is 0.250. The number of hydrogen-bond donors (Lipinski definition) is 1. The molecule has 4 nitrogen and oxygen atoms in total. The summed E-state index contributed by atoms with van der Waals surface area (Å²) < 4.78 is 0. The van der Waals surface area contributed by atoms with Gasteiger partial charge in [-0.25, -0.2) is 0 Å². The highest BCUT2D eigenvalue weighted by Crippen LogP contribution is 2.38. The zero-order valence-corrected chi connectivity index (χ0v) is 9.06. The quantitative estimate of drug-likeness (QED) is 0.377. The van der Waals surface area contributed by atoms with Crippen LogP contribution in [0.2, 0.25) is 5.02 Å². The van der Waals surface area contributed by atoms with Crippen molar-refractivity contribution >= 4 is 34.7 Å². The van der Waals surface area contributed by atoms with Gasteiger partial charge >= 0.3 is 0 Å². The van der Waals surface area contributed by atoms with E-state index in [1.807, 2.05) is 6.92 Å². The van der Waals surface area contributed by atoms with E-state index in [1.54, 1.807) is 0 Å². The number of nitrogens with zero attached hydrogens (tertiary/aromatic N) is 1. The molecule has 0 aliphatic heterocycles. The zero-order valence-electron chi connectivity index (χ0n) is 7.49. The molecule has 0 amide bonds. The van der Waals surface area contributed by atoms with Crippen LogP contribution in [0.3, 0.4) is 0 Å². The molecule has 0 aliphatic carbocycles. The molecule has 14 heavy (non-hydrogen) atoms. The summed E-state index contributed by atoms with van der Waals surface area (Å²) in [6.45, 7) is 1.90. The Morgan fingerprint density at radius 1 is 1.64 bits per heavy atom. The van der Waals surface area contributed by atoms with Crippen LogP contribution in [-0.4, -0.2) is 10.7 Å². The van der Waals surface area contributed by atoms with Gasteiger partial charge in [0.2, 0.25) is 0 Å². The molecule has 76 valence electrons. The molecular weight excluding hydrogens is 224 g/mol. The van der Waals surface area contributed by atoms with Crippen molar-refractivity contribution in [3.8, 4) is 0 Å². The average molecular weight is 233 g/mol. The Bertz CT molecular complexity index is 371. The maximum absolute atomic E-state index is 10.7. The number of halogens is 1. The molecule has 1 aromatic rings. The minimum absolute atomic E-state index is 0.0102. The number of hydrogen-bond acceptors (Lipinski definition) is 4. The van der Waals surface area contributed by atoms with Crippen LogP contribution in [0, 0.1) is 10.1 Å². The van der Waals surface area contributed by atoms with Gasteiger partial charge in [0.05, 0.1) is 15.6 Å². The van der Waals surface area contributed by atoms with Gasteiger partial charge in [0.1, 0.15) is 4.90 Å². The SMILES string of the molecule is CCSc1c([N+](=O)[O-])ccc(N)c1Cl. The summed E-state index contributed by atoms with van der Waals surface area (Å²) in [7, 11) is 0. The van der Waals surface area contributed by atoms with Crippen molar-refractivity contribution in [3.05, 3.63) is 27.3 Å². The molecule has 0 saturated carbocycles. The first kappa shape index (κ1) is 11.1. The summed E-state index contributed by atoms with van der Waals surface area (Å²) in [5, 5.41) is 10.9. The zero-order chi connectivity index (χ0) is 10.7. The van der Waals surface area contributed by atoms with Crippen molar-refractivity contribution in [1.29, 1.82) is 0 Å². The van der Waals surface area contributed by atoms with E-state index in [1.165, 1.54) is 23.9 Å². The Morgan fingerprint density at radius 3 is 2.79 bits per heavy atom. The minimum Gasteiger partial charge on any atom is -0.397 e. The monoisotopic (exact) mass is 232 g/mol. The van der Waals surface area contributed by atoms with E-state index >= 15 is 0 Å². The van der Waals surface area contributed by atoms with Gasteiger partial charge in [-0.2, -0.15) is 0 Å². The topological polar surface area (TPSA) is 69.2 Å². The highest BCUT2D eigenvalue weighted by atomic mass is 35.5. The van der Waals surface area contributed by atoms with Crippen molar-refractivity contribution in [2.24, 2.45) is 0 Å². The lowest BCUT2D eigenvalue weighted by Crippen LogP contribution is -1.95. The Labute approximate surface area is 90.6 Å². The fourth-order valence-electron chi connectivity index (χ4n) is 0.987. The second-order valence-corrected chi connectivity index (χ2v) is 4.16. The molecule has 0 bridgehead atoms. The van der Waals surface area contributed by atoms with Gasteiger partial charge in [-0.05, 0) is 11.8 Å². The van der Waals surface area contributed by atoms with Crippen LogP contribution in [0.1, 0.15) is 6.92 Å². The molecule has 6 heteroatoms. The van der Waals surface area contributed by atoms with Crippen LogP contribution >= 0.6 is 23.4 Å². The van der Waals surface area contributed by atoms with Gasteiger partial charge in [-0.1, -0.05) is 18.5 Å². The maximum Gasteiger partial charge on any atom is 0.284 e. The number of nitro groups is 1. The van der Waals surface area contributed by atoms with E-state index in [9.17, 15) is 10.1 Å². The standard InChI is InChI=1S/C8H9ClN2O2S/c1-2-14-8-6(11(12)13)4-3-5(10)7(8)9/h3-4H,2,10H2,1H3. The molecule has 0 unspecified atom stereocenters. The van der Waals surface area contributed by atoms with E-state index in [0.29, 0.717) is 16.3 Å². The molecule has 0 aliphatic rings. The number of rotatable bonds is 3. The number of benzene rings is 1. The summed E-state index contributed by atoms with van der Waals surface area (Å²) in [6.07, 6.45) is 0. The third kappa shape index (κ3) is 2.10. The summed E-state index contributed by atoms with van der Waals surface area (Å²) in [6, 6.07) is 2.82. The Kier molecular flexibility index (Phi) is 3.60. The van der Waals surface area contributed by atoms with Crippen molar-refractivity contribution in [2.75, 3.05) is 11.5 Å². The predicted octanol–water partition coefficient (Wildman–Crippen LogP) is 2.94. The first-order chi connectivity index (χ1) is 6.57. The highest BCUT2D eigenvalue weighted by molar-refractivity contribution is 7.99. The number of anilines is 1. The second kappa shape index (κ2) is 4.52. The van der Waals surface area contributed by atoms with Crippen LogP contribution in [0.25, 0.3) is 0 Å². The third-order valence-electron chi connectivity index (χ3n) is 1.59. The molecule has 0 spiro atoms. The van der Waals surface area contributed by atoms with Gasteiger partial charge in [0.25, 0.3) is 5.69 Å². The molecule has 1 aromatic carbocycles. The second-order valence-electron chi connectivity index (χ2n) is 2.51. The maximum atomic E-state index is 10.7. The van der Waals surface area contributed by atoms with Gasteiger partial charge in [-0.15, -0.1) is 11.8 Å². The van der Waals surface area contributed by atoms with Gasteiger partial charge in [0.15, 0.2) is 0 Å². The highest BCUT2D eigenvalue weighted by Gasteiger charge is 2.18. The predicted molar refractivity (Wildman–Crippen MR) is 58.9 cm³/mol. The van der Waals surface area contributed by atoms with Crippen LogP contribution in [-0.2, 0) is 0 Å². The van der Waals surface area contributed by atoms with Crippen molar-refractivity contribution in [1.82, 2.24) is 0 Å². The first-order valence-electron chi connectivity index (χ1n) is 3.93. The van der Waals surface area contributed by atoms with E-state index < -0.39 is 4.92 Å². The average Bonchev–Trinajstić information content (AvgIpc) is 2.13. The molecular formula is C8H9ClN2O2S. The molecule has 0 heterocycles. The Morgan fingerprint density at radius 2 is 2.29 bits per heavy atom. The number of thioether (sulfide) groups is 1. The smallest absolute Gasteiger partial charge is 0.284 e. The number of nitrogens with two attached hydrogens (primary N) is 1. The largest absolute Gasteiger partial charge is 0.397 e. The molecule has 2 N–H and O–H groups in total. The minimum atomic E-state index is -0.455. The van der Waals surface area contributed by atoms with E-state index in [2.05, 4.69) is 0 Å². The molecule has 0 fully saturated rings. The van der Waals surface area contributed by atoms with E-state index in [0.717, 1.165) is 0 Å². The van der Waals surface area contributed by atoms with Gasteiger partial charge < -0.3 is 5.73 Å². The lowest BCUT2D eigenvalue weighted by molar-refractivity contribution is -0.387. The summed E-state index contributed by atoms with van der Waals surface area (Å²) in [5.41, 5.74) is 5.93. The summed E-state index contributed by atoms with van der Waals surface area (Å²) in [4.78, 5) is 10.6. The Balaban J connectivity index is 3.29. The third-order valence-corrected chi connectivity index (χ3v) is 3.10. The molecule has 1 rings (SSSR count). The van der Waals surface area contributed by atoms with Crippen molar-refractivity contribution < 1.29 is 4.92 Å². The fourth-order valence-corrected chi connectivity index (χ4v) is 2.13. The van der Waals surface area contributed by atoms with Gasteiger partial charge in [-0.3, -0.25) is 10.1 Å². The van der Waals surface area contributed by atoms with E-state index in [-0.39, 0.29) is 10.7 Å². The Hall–Kier alpha value is -0.940. The van der Waals surface area contributed by atoms with E-state index in [4.69, 9.17) is 17.3 Å². The normalized spacial score (nSPS) is 10.1. The molecule has 0 atom stereocenters.